The lowest BCUT2D eigenvalue weighted by Gasteiger charge is -2.31. The van der Waals surface area contributed by atoms with Crippen molar-refractivity contribution in [1.82, 2.24) is 24.4 Å². The van der Waals surface area contributed by atoms with Crippen molar-refractivity contribution < 1.29 is 31.1 Å². The van der Waals surface area contributed by atoms with Crippen molar-refractivity contribution in [2.75, 3.05) is 13.1 Å². The number of aryl methyl sites for hydroxylation is 1. The number of likely N-dealkylation sites (tertiary alicyclic amines) is 1. The Morgan fingerprint density at radius 2 is 1.68 bits per heavy atom. The van der Waals surface area contributed by atoms with Gasteiger partial charge in [-0.05, 0) is 44.0 Å². The number of imidazole rings is 1. The summed E-state index contributed by atoms with van der Waals surface area (Å²) in [7, 11) is 0. The van der Waals surface area contributed by atoms with E-state index in [1.165, 1.54) is 0 Å². The molecule has 4 aromatic rings. The molecule has 1 saturated heterocycles. The van der Waals surface area contributed by atoms with Crippen molar-refractivity contribution in [3.05, 3.63) is 64.7 Å². The van der Waals surface area contributed by atoms with Gasteiger partial charge in [0.05, 0.1) is 28.5 Å². The summed E-state index contributed by atoms with van der Waals surface area (Å²) in [5, 5.41) is 1.76. The number of benzene rings is 1. The molecule has 1 aliphatic rings. The fourth-order valence-corrected chi connectivity index (χ4v) is 5.54. The molecule has 1 amide bonds. The van der Waals surface area contributed by atoms with Crippen molar-refractivity contribution in [2.24, 2.45) is 0 Å². The molecule has 1 aliphatic heterocycles. The number of hydrogen-bond donors (Lipinski definition) is 0. The van der Waals surface area contributed by atoms with Gasteiger partial charge in [-0.15, -0.1) is 11.3 Å². The summed E-state index contributed by atoms with van der Waals surface area (Å²) in [6, 6.07) is 3.29. The van der Waals surface area contributed by atoms with Crippen molar-refractivity contribution >= 4 is 28.3 Å². The zero-order valence-corrected chi connectivity index (χ0v) is 20.8. The summed E-state index contributed by atoms with van der Waals surface area (Å²) in [5.41, 5.74) is -0.842. The average molecular weight is 554 g/mol. The van der Waals surface area contributed by atoms with E-state index in [9.17, 15) is 31.1 Å². The zero-order valence-electron chi connectivity index (χ0n) is 20.0. The number of rotatable bonds is 4. The third kappa shape index (κ3) is 5.24. The first-order valence-corrected chi connectivity index (χ1v) is 12.6. The first-order valence-electron chi connectivity index (χ1n) is 11.7. The average Bonchev–Trinajstić information content (AvgIpc) is 3.48. The number of carbonyl (C=O) groups is 1. The first-order chi connectivity index (χ1) is 17.9. The molecule has 0 radical (unpaired) electrons. The number of amides is 1. The third-order valence-corrected chi connectivity index (χ3v) is 7.57. The van der Waals surface area contributed by atoms with Crippen LogP contribution in [0.25, 0.3) is 21.6 Å². The zero-order chi connectivity index (χ0) is 27.2. The molecule has 1 fully saturated rings. The Morgan fingerprint density at radius 1 is 1.03 bits per heavy atom. The Bertz CT molecular complexity index is 1450. The number of piperidine rings is 1. The van der Waals surface area contributed by atoms with Crippen LogP contribution in [0.5, 0.6) is 0 Å². The number of carbonyl (C=O) groups excluding carboxylic acids is 1. The predicted molar refractivity (Wildman–Crippen MR) is 128 cm³/mol. The number of thiazole rings is 1. The lowest BCUT2D eigenvalue weighted by atomic mass is 9.94. The van der Waals surface area contributed by atoms with Crippen LogP contribution in [0.4, 0.5) is 26.3 Å². The van der Waals surface area contributed by atoms with E-state index in [-0.39, 0.29) is 35.0 Å². The maximum atomic E-state index is 13.2. The molecule has 200 valence electrons. The van der Waals surface area contributed by atoms with Gasteiger partial charge < -0.3 is 9.47 Å². The Balaban J connectivity index is 1.28. The monoisotopic (exact) mass is 553 g/mol. The number of fused-ring (bicyclic) bond motifs is 1. The molecule has 5 rings (SSSR count). The van der Waals surface area contributed by atoms with E-state index in [1.807, 2.05) is 11.5 Å². The largest absolute Gasteiger partial charge is 0.416 e. The molecular formula is C25H21F6N5OS. The fourth-order valence-electron chi connectivity index (χ4n) is 4.65. The van der Waals surface area contributed by atoms with Gasteiger partial charge in [-0.3, -0.25) is 9.78 Å². The van der Waals surface area contributed by atoms with Crippen molar-refractivity contribution in [3.8, 4) is 10.6 Å². The van der Waals surface area contributed by atoms with Gasteiger partial charge in [-0.1, -0.05) is 0 Å². The van der Waals surface area contributed by atoms with Crippen LogP contribution >= 0.6 is 11.3 Å². The highest BCUT2D eigenvalue weighted by Gasteiger charge is 2.37. The molecule has 0 N–H and O–H groups in total. The highest BCUT2D eigenvalue weighted by atomic mass is 32.1. The Kier molecular flexibility index (Phi) is 6.66. The van der Waals surface area contributed by atoms with Gasteiger partial charge in [-0.2, -0.15) is 26.3 Å². The topological polar surface area (TPSA) is 63.9 Å². The van der Waals surface area contributed by atoms with Crippen LogP contribution in [0.15, 0.2) is 42.0 Å². The van der Waals surface area contributed by atoms with Gasteiger partial charge in [0.1, 0.15) is 22.9 Å². The van der Waals surface area contributed by atoms with Gasteiger partial charge >= 0.3 is 12.4 Å². The van der Waals surface area contributed by atoms with E-state index in [0.29, 0.717) is 55.1 Å². The molecule has 38 heavy (non-hydrogen) atoms. The highest BCUT2D eigenvalue weighted by molar-refractivity contribution is 7.13. The molecule has 3 aromatic heterocycles. The minimum Gasteiger partial charge on any atom is -0.341 e. The summed E-state index contributed by atoms with van der Waals surface area (Å²) in [6.45, 7) is 2.88. The van der Waals surface area contributed by atoms with Crippen LogP contribution in [0.3, 0.4) is 0 Å². The molecule has 6 nitrogen and oxygen atoms in total. The number of hydrogen-bond acceptors (Lipinski definition) is 5. The van der Waals surface area contributed by atoms with Crippen LogP contribution in [0, 0.1) is 6.92 Å². The van der Waals surface area contributed by atoms with Gasteiger partial charge in [0, 0.05) is 36.1 Å². The van der Waals surface area contributed by atoms with Crippen molar-refractivity contribution in [2.45, 2.75) is 44.6 Å². The second-order valence-corrected chi connectivity index (χ2v) is 9.99. The SMILES string of the molecule is Cc1nc2cnccc2n1CC(=O)N1CCC(c2csc(-c3cc(C(F)(F)F)cc(C(F)(F)F)c3)n2)CC1. The van der Waals surface area contributed by atoms with Gasteiger partial charge in [-0.25, -0.2) is 9.97 Å². The quantitative estimate of drug-likeness (QED) is 0.278. The molecule has 0 bridgehead atoms. The van der Waals surface area contributed by atoms with E-state index in [4.69, 9.17) is 0 Å². The van der Waals surface area contributed by atoms with E-state index < -0.39 is 23.5 Å². The van der Waals surface area contributed by atoms with E-state index in [2.05, 4.69) is 15.0 Å². The fraction of sp³-hybridized carbons (Fsp3) is 0.360. The maximum absolute atomic E-state index is 13.2. The second-order valence-electron chi connectivity index (χ2n) is 9.14. The molecule has 0 atom stereocenters. The molecule has 1 aromatic carbocycles. The number of alkyl halides is 6. The number of halogens is 6. The molecule has 0 unspecified atom stereocenters. The lowest BCUT2D eigenvalue weighted by Crippen LogP contribution is -2.39. The molecule has 0 aliphatic carbocycles. The highest BCUT2D eigenvalue weighted by Crippen LogP contribution is 2.40. The predicted octanol–water partition coefficient (Wildman–Crippen LogP) is 6.31. The third-order valence-electron chi connectivity index (χ3n) is 6.66. The number of nitrogens with zero attached hydrogens (tertiary/aromatic N) is 5. The minimum absolute atomic E-state index is 0.0566. The maximum Gasteiger partial charge on any atom is 0.416 e. The number of aromatic nitrogens is 4. The van der Waals surface area contributed by atoms with Crippen LogP contribution in [-0.2, 0) is 23.7 Å². The Labute approximate surface area is 217 Å². The van der Waals surface area contributed by atoms with E-state index in [0.717, 1.165) is 16.9 Å². The summed E-state index contributed by atoms with van der Waals surface area (Å²) in [4.78, 5) is 27.6. The Morgan fingerprint density at radius 3 is 2.32 bits per heavy atom. The van der Waals surface area contributed by atoms with Crippen LogP contribution in [-0.4, -0.2) is 43.4 Å². The molecule has 13 heteroatoms. The van der Waals surface area contributed by atoms with Gasteiger partial charge in [0.2, 0.25) is 5.91 Å². The van der Waals surface area contributed by atoms with E-state index >= 15 is 0 Å². The van der Waals surface area contributed by atoms with Gasteiger partial charge in [0.25, 0.3) is 0 Å². The van der Waals surface area contributed by atoms with Crippen molar-refractivity contribution in [3.63, 3.8) is 0 Å². The Hall–Kier alpha value is -3.48. The molecular weight excluding hydrogens is 532 g/mol. The summed E-state index contributed by atoms with van der Waals surface area (Å²) in [5.74, 6) is 0.582. The lowest BCUT2D eigenvalue weighted by molar-refractivity contribution is -0.143. The molecule has 4 heterocycles. The normalized spacial score (nSPS) is 15.4. The summed E-state index contributed by atoms with van der Waals surface area (Å²) >= 11 is 1.01. The minimum atomic E-state index is -4.92. The standard InChI is InChI=1S/C25H21F6N5OS/c1-14-33-19-11-32-5-2-21(19)36(14)12-22(37)35-6-3-15(4-7-35)20-13-38-23(34-20)16-8-17(24(26,27)28)10-18(9-16)25(29,30)31/h2,5,8-11,13,15H,3-4,6-7,12H2,1H3. The van der Waals surface area contributed by atoms with Crippen molar-refractivity contribution in [1.29, 1.82) is 0 Å². The second kappa shape index (κ2) is 9.68. The molecule has 0 saturated carbocycles. The van der Waals surface area contributed by atoms with Crippen LogP contribution < -0.4 is 0 Å². The summed E-state index contributed by atoms with van der Waals surface area (Å²) in [6.07, 6.45) is -5.40. The van der Waals surface area contributed by atoms with Crippen LogP contribution in [0.2, 0.25) is 0 Å². The van der Waals surface area contributed by atoms with Crippen LogP contribution in [0.1, 0.15) is 41.4 Å². The smallest absolute Gasteiger partial charge is 0.341 e. The van der Waals surface area contributed by atoms with Gasteiger partial charge in [0.15, 0.2) is 0 Å². The van der Waals surface area contributed by atoms with E-state index in [1.54, 1.807) is 28.7 Å². The first kappa shape index (κ1) is 26.1. The number of pyridine rings is 1. The summed E-state index contributed by atoms with van der Waals surface area (Å²) < 4.78 is 81.3. The molecule has 0 spiro atoms.